The molecule has 0 amide bonds. The van der Waals surface area contributed by atoms with Crippen LogP contribution in [0.4, 0.5) is 5.69 Å². The topological polar surface area (TPSA) is 75.1 Å². The molecule has 3 N–H and O–H groups in total. The van der Waals surface area contributed by atoms with Crippen molar-refractivity contribution < 1.29 is 0 Å². The third-order valence-corrected chi connectivity index (χ3v) is 3.71. The van der Waals surface area contributed by atoms with Crippen molar-refractivity contribution in [1.29, 1.82) is 5.41 Å². The highest BCUT2D eigenvalue weighted by Gasteiger charge is 2.09. The molecule has 0 aromatic carbocycles. The average Bonchev–Trinajstić information content (AvgIpc) is 2.73. The summed E-state index contributed by atoms with van der Waals surface area (Å²) in [4.78, 5) is 9.26. The van der Waals surface area contributed by atoms with Gasteiger partial charge in [-0.15, -0.1) is 11.3 Å². The first-order chi connectivity index (χ1) is 8.72. The summed E-state index contributed by atoms with van der Waals surface area (Å²) in [6.45, 7) is 2.49. The van der Waals surface area contributed by atoms with Crippen molar-refractivity contribution in [3.63, 3.8) is 0 Å². The van der Waals surface area contributed by atoms with Crippen molar-refractivity contribution in [3.8, 4) is 0 Å². The van der Waals surface area contributed by atoms with Crippen molar-refractivity contribution in [3.05, 3.63) is 45.9 Å². The molecule has 0 radical (unpaired) electrons. The predicted octanol–water partition coefficient (Wildman–Crippen LogP) is 2.67. The number of nitrogens with two attached hydrogens (primary N) is 1. The molecule has 0 bridgehead atoms. The van der Waals surface area contributed by atoms with Crippen LogP contribution in [0.1, 0.15) is 16.0 Å². The first-order valence-corrected chi connectivity index (χ1v) is 6.38. The van der Waals surface area contributed by atoms with Gasteiger partial charge in [0.05, 0.1) is 22.8 Å². The van der Waals surface area contributed by atoms with Gasteiger partial charge in [-0.3, -0.25) is 9.98 Å². The number of aryl methyl sites for hydroxylation is 1. The van der Waals surface area contributed by atoms with E-state index in [1.54, 1.807) is 12.4 Å². The van der Waals surface area contributed by atoms with E-state index in [4.69, 9.17) is 11.1 Å². The molecule has 4 nitrogen and oxygen atoms in total. The highest BCUT2D eigenvalue weighted by atomic mass is 32.1. The number of hydrogen-bond acceptors (Lipinski definition) is 5. The van der Waals surface area contributed by atoms with Crippen molar-refractivity contribution >= 4 is 29.0 Å². The number of aliphatic imine (C=N–C) groups is 1. The second-order valence-corrected chi connectivity index (χ2v) is 4.74. The number of nitrogens with zero attached hydrogens (tertiary/aromatic N) is 2. The molecule has 2 aromatic heterocycles. The first-order valence-electron chi connectivity index (χ1n) is 5.50. The summed E-state index contributed by atoms with van der Waals surface area (Å²) >= 11 is 1.52. The molecule has 0 aliphatic carbocycles. The number of aromatic nitrogens is 1. The lowest BCUT2D eigenvalue weighted by atomic mass is 10.2. The molecule has 2 aromatic rings. The van der Waals surface area contributed by atoms with Gasteiger partial charge in [-0.2, -0.15) is 0 Å². The van der Waals surface area contributed by atoms with E-state index in [0.29, 0.717) is 12.3 Å². The molecule has 0 atom stereocenters. The molecule has 0 aliphatic rings. The summed E-state index contributed by atoms with van der Waals surface area (Å²) in [5.41, 5.74) is 9.41. The molecule has 0 spiro atoms. The van der Waals surface area contributed by atoms with E-state index in [0.717, 1.165) is 21.7 Å². The van der Waals surface area contributed by atoms with Crippen LogP contribution in [0.15, 0.2) is 34.9 Å². The molecule has 0 fully saturated rings. The molecule has 0 aliphatic heterocycles. The lowest BCUT2D eigenvalue weighted by molar-refractivity contribution is 1.06. The molecule has 0 unspecified atom stereocenters. The minimum absolute atomic E-state index is 0.531. The van der Waals surface area contributed by atoms with Crippen LogP contribution in [0, 0.1) is 12.3 Å². The van der Waals surface area contributed by atoms with Crippen LogP contribution in [-0.4, -0.2) is 16.9 Å². The number of anilines is 1. The zero-order valence-corrected chi connectivity index (χ0v) is 10.9. The molecule has 2 rings (SSSR count). The molecular weight excluding hydrogens is 244 g/mol. The monoisotopic (exact) mass is 258 g/mol. The summed E-state index contributed by atoms with van der Waals surface area (Å²) in [6.07, 6.45) is 4.72. The average molecular weight is 258 g/mol. The van der Waals surface area contributed by atoms with Gasteiger partial charge in [0, 0.05) is 18.6 Å². The highest BCUT2D eigenvalue weighted by Crippen LogP contribution is 2.24. The fourth-order valence-corrected chi connectivity index (χ4v) is 2.45. The number of hydrogen-bond donors (Lipinski definition) is 2. The normalized spacial score (nSPS) is 11.5. The Hall–Kier alpha value is -2.01. The Bertz CT molecular complexity index is 572. The van der Waals surface area contributed by atoms with E-state index >= 15 is 0 Å². The van der Waals surface area contributed by atoms with Gasteiger partial charge >= 0.3 is 0 Å². The minimum atomic E-state index is 0.531. The SMILES string of the molecule is Cc1csc(C(C=N)=NCc2ccncc2)c1N. The van der Waals surface area contributed by atoms with E-state index in [2.05, 4.69) is 9.98 Å². The fraction of sp³-hybridized carbons (Fsp3) is 0.154. The summed E-state index contributed by atoms with van der Waals surface area (Å²) in [7, 11) is 0. The van der Waals surface area contributed by atoms with E-state index in [1.807, 2.05) is 24.4 Å². The maximum atomic E-state index is 7.45. The van der Waals surface area contributed by atoms with Gasteiger partial charge in [-0.1, -0.05) is 0 Å². The lowest BCUT2D eigenvalue weighted by Crippen LogP contribution is -2.04. The minimum Gasteiger partial charge on any atom is -0.397 e. The summed E-state index contributed by atoms with van der Waals surface area (Å²) in [6, 6.07) is 3.82. The summed E-state index contributed by atoms with van der Waals surface area (Å²) < 4.78 is 0. The van der Waals surface area contributed by atoms with Crippen molar-refractivity contribution in [2.45, 2.75) is 13.5 Å². The van der Waals surface area contributed by atoms with Gasteiger partial charge in [0.1, 0.15) is 0 Å². The Morgan fingerprint density at radius 3 is 2.78 bits per heavy atom. The Labute approximate surface area is 110 Å². The number of pyridine rings is 1. The summed E-state index contributed by atoms with van der Waals surface area (Å²) in [5.74, 6) is 0. The molecule has 2 heterocycles. The van der Waals surface area contributed by atoms with Crippen molar-refractivity contribution in [1.82, 2.24) is 4.98 Å². The Morgan fingerprint density at radius 1 is 1.50 bits per heavy atom. The van der Waals surface area contributed by atoms with Gasteiger partial charge in [0.2, 0.25) is 0 Å². The van der Waals surface area contributed by atoms with Crippen LogP contribution in [0.25, 0.3) is 0 Å². The quantitative estimate of drug-likeness (QED) is 0.827. The Morgan fingerprint density at radius 2 is 2.22 bits per heavy atom. The van der Waals surface area contributed by atoms with Crippen LogP contribution in [0.3, 0.4) is 0 Å². The van der Waals surface area contributed by atoms with Crippen LogP contribution in [0.5, 0.6) is 0 Å². The second-order valence-electron chi connectivity index (χ2n) is 3.86. The van der Waals surface area contributed by atoms with Crippen molar-refractivity contribution in [2.75, 3.05) is 5.73 Å². The van der Waals surface area contributed by atoms with E-state index in [9.17, 15) is 0 Å². The van der Waals surface area contributed by atoms with Gasteiger partial charge < -0.3 is 11.1 Å². The number of nitrogens with one attached hydrogen (secondary N) is 1. The Balaban J connectivity index is 2.24. The van der Waals surface area contributed by atoms with Crippen LogP contribution in [-0.2, 0) is 6.54 Å². The molecule has 92 valence electrons. The van der Waals surface area contributed by atoms with E-state index < -0.39 is 0 Å². The second kappa shape index (κ2) is 5.55. The number of thiophene rings is 1. The van der Waals surface area contributed by atoms with Gasteiger partial charge in [0.15, 0.2) is 0 Å². The molecule has 0 saturated heterocycles. The van der Waals surface area contributed by atoms with Crippen LogP contribution >= 0.6 is 11.3 Å². The fourth-order valence-electron chi connectivity index (χ4n) is 1.50. The van der Waals surface area contributed by atoms with Gasteiger partial charge in [-0.25, -0.2) is 0 Å². The largest absolute Gasteiger partial charge is 0.397 e. The van der Waals surface area contributed by atoms with E-state index in [-0.39, 0.29) is 0 Å². The first kappa shape index (κ1) is 12.4. The third kappa shape index (κ3) is 2.62. The molecule has 0 saturated carbocycles. The highest BCUT2D eigenvalue weighted by molar-refractivity contribution is 7.13. The number of rotatable bonds is 4. The maximum absolute atomic E-state index is 7.45. The number of nitrogen functional groups attached to an aromatic ring is 1. The van der Waals surface area contributed by atoms with Crippen LogP contribution < -0.4 is 5.73 Å². The van der Waals surface area contributed by atoms with Crippen LogP contribution in [0.2, 0.25) is 0 Å². The summed E-state index contributed by atoms with van der Waals surface area (Å²) in [5, 5.41) is 9.43. The van der Waals surface area contributed by atoms with Gasteiger partial charge in [0.25, 0.3) is 0 Å². The predicted molar refractivity (Wildman–Crippen MR) is 76.7 cm³/mol. The zero-order chi connectivity index (χ0) is 13.0. The van der Waals surface area contributed by atoms with E-state index in [1.165, 1.54) is 17.6 Å². The smallest absolute Gasteiger partial charge is 0.0946 e. The Kier molecular flexibility index (Phi) is 3.84. The zero-order valence-electron chi connectivity index (χ0n) is 10.1. The molecular formula is C13H14N4S. The standard InChI is InChI=1S/C13H14N4S/c1-9-8-18-13(12(9)15)11(6-14)17-7-10-2-4-16-5-3-10/h2-6,8,14H,7,15H2,1H3. The van der Waals surface area contributed by atoms with Crippen molar-refractivity contribution in [2.24, 2.45) is 4.99 Å². The third-order valence-electron chi connectivity index (χ3n) is 2.57. The maximum Gasteiger partial charge on any atom is 0.0946 e. The lowest BCUT2D eigenvalue weighted by Gasteiger charge is -2.01. The van der Waals surface area contributed by atoms with Gasteiger partial charge in [-0.05, 0) is 35.6 Å². The molecule has 5 heteroatoms. The molecule has 18 heavy (non-hydrogen) atoms.